The van der Waals surface area contributed by atoms with E-state index in [0.29, 0.717) is 24.1 Å². The summed E-state index contributed by atoms with van der Waals surface area (Å²) in [5.41, 5.74) is 6.43. The Bertz CT molecular complexity index is 407. The van der Waals surface area contributed by atoms with E-state index in [0.717, 1.165) is 17.7 Å². The van der Waals surface area contributed by atoms with Gasteiger partial charge in [0.15, 0.2) is 0 Å². The van der Waals surface area contributed by atoms with Crippen molar-refractivity contribution in [3.05, 3.63) is 29.8 Å². The Balaban J connectivity index is 2.32. The van der Waals surface area contributed by atoms with Crippen LogP contribution in [0, 0.1) is 5.92 Å². The van der Waals surface area contributed by atoms with E-state index in [4.69, 9.17) is 27.4 Å². The Kier molecular flexibility index (Phi) is 6.81. The fourth-order valence-electron chi connectivity index (χ4n) is 1.50. The number of rotatable bonds is 8. The molecule has 0 amide bonds. The summed E-state index contributed by atoms with van der Waals surface area (Å²) in [6.45, 7) is 7.70. The molecule has 1 atom stereocenters. The summed E-state index contributed by atoms with van der Waals surface area (Å²) in [6, 6.07) is 7.56. The van der Waals surface area contributed by atoms with Gasteiger partial charge in [0.05, 0.1) is 24.9 Å². The standard InChI is InChI=1S/C15H23NO2S/c1-11(2)12(3)17-9-6-10-18-14-8-5-4-7-13(14)15(16)19/h4-5,7-8,11-12H,6,9-10H2,1-3H3,(H2,16,19). The molecular weight excluding hydrogens is 258 g/mol. The predicted octanol–water partition coefficient (Wildman–Crippen LogP) is 3.15. The highest BCUT2D eigenvalue weighted by Crippen LogP contribution is 2.17. The van der Waals surface area contributed by atoms with Crippen LogP contribution in [0.1, 0.15) is 32.8 Å². The summed E-state index contributed by atoms with van der Waals surface area (Å²) in [6.07, 6.45) is 1.13. The molecule has 4 heteroatoms. The monoisotopic (exact) mass is 281 g/mol. The first-order valence-corrected chi connectivity index (χ1v) is 7.06. The topological polar surface area (TPSA) is 44.5 Å². The van der Waals surface area contributed by atoms with Crippen LogP contribution >= 0.6 is 12.2 Å². The fraction of sp³-hybridized carbons (Fsp3) is 0.533. The number of nitrogens with two attached hydrogens (primary N) is 1. The molecule has 0 aromatic heterocycles. The van der Waals surface area contributed by atoms with Crippen LogP contribution in [0.3, 0.4) is 0 Å². The lowest BCUT2D eigenvalue weighted by atomic mass is 10.1. The molecule has 0 aliphatic heterocycles. The lowest BCUT2D eigenvalue weighted by Gasteiger charge is -2.16. The molecule has 0 aliphatic rings. The first-order valence-electron chi connectivity index (χ1n) is 6.65. The summed E-state index contributed by atoms with van der Waals surface area (Å²) in [4.78, 5) is 0.361. The van der Waals surface area contributed by atoms with E-state index >= 15 is 0 Å². The summed E-state index contributed by atoms with van der Waals surface area (Å²) in [7, 11) is 0. The third-order valence-corrected chi connectivity index (χ3v) is 3.24. The van der Waals surface area contributed by atoms with Gasteiger partial charge in [-0.15, -0.1) is 0 Å². The third-order valence-electron chi connectivity index (χ3n) is 3.02. The van der Waals surface area contributed by atoms with Gasteiger partial charge in [-0.2, -0.15) is 0 Å². The number of hydrogen-bond acceptors (Lipinski definition) is 3. The largest absolute Gasteiger partial charge is 0.493 e. The van der Waals surface area contributed by atoms with Crippen molar-refractivity contribution in [2.75, 3.05) is 13.2 Å². The zero-order chi connectivity index (χ0) is 14.3. The zero-order valence-corrected chi connectivity index (χ0v) is 12.7. The molecule has 3 nitrogen and oxygen atoms in total. The zero-order valence-electron chi connectivity index (χ0n) is 11.9. The second-order valence-electron chi connectivity index (χ2n) is 4.88. The van der Waals surface area contributed by atoms with Gasteiger partial charge in [-0.1, -0.05) is 38.2 Å². The smallest absolute Gasteiger partial charge is 0.129 e. The quantitative estimate of drug-likeness (QED) is 0.587. The van der Waals surface area contributed by atoms with Crippen LogP contribution in [0.5, 0.6) is 5.75 Å². The molecule has 0 aliphatic carbocycles. The van der Waals surface area contributed by atoms with Crippen molar-refractivity contribution in [3.63, 3.8) is 0 Å². The summed E-state index contributed by atoms with van der Waals surface area (Å²) in [5.74, 6) is 1.28. The summed E-state index contributed by atoms with van der Waals surface area (Å²) >= 11 is 4.99. The van der Waals surface area contributed by atoms with E-state index in [-0.39, 0.29) is 6.10 Å². The van der Waals surface area contributed by atoms with Gasteiger partial charge in [0.25, 0.3) is 0 Å². The maximum atomic E-state index is 5.69. The van der Waals surface area contributed by atoms with Crippen LogP contribution in [0.2, 0.25) is 0 Å². The maximum absolute atomic E-state index is 5.69. The van der Waals surface area contributed by atoms with Crippen LogP contribution in [-0.2, 0) is 4.74 Å². The van der Waals surface area contributed by atoms with Gasteiger partial charge in [-0.05, 0) is 25.0 Å². The molecule has 1 aromatic rings. The van der Waals surface area contributed by atoms with E-state index in [2.05, 4.69) is 20.8 Å². The van der Waals surface area contributed by atoms with Gasteiger partial charge < -0.3 is 15.2 Å². The van der Waals surface area contributed by atoms with Crippen LogP contribution in [0.25, 0.3) is 0 Å². The van der Waals surface area contributed by atoms with Crippen LogP contribution in [0.15, 0.2) is 24.3 Å². The normalized spacial score (nSPS) is 12.4. The minimum atomic E-state index is 0.281. The molecular formula is C15H23NO2S. The molecule has 1 rings (SSSR count). The van der Waals surface area contributed by atoms with Crippen molar-refractivity contribution in [1.29, 1.82) is 0 Å². The molecule has 1 unspecified atom stereocenters. The Hall–Kier alpha value is -1.13. The van der Waals surface area contributed by atoms with Crippen molar-refractivity contribution in [1.82, 2.24) is 0 Å². The van der Waals surface area contributed by atoms with E-state index in [9.17, 15) is 0 Å². The molecule has 2 N–H and O–H groups in total. The first-order chi connectivity index (χ1) is 9.02. The van der Waals surface area contributed by atoms with Crippen molar-refractivity contribution < 1.29 is 9.47 Å². The van der Waals surface area contributed by atoms with Gasteiger partial charge in [-0.3, -0.25) is 0 Å². The molecule has 0 fully saturated rings. The van der Waals surface area contributed by atoms with E-state index < -0.39 is 0 Å². The highest BCUT2D eigenvalue weighted by Gasteiger charge is 2.07. The molecule has 106 valence electrons. The molecule has 0 spiro atoms. The predicted molar refractivity (Wildman–Crippen MR) is 82.7 cm³/mol. The van der Waals surface area contributed by atoms with Gasteiger partial charge >= 0.3 is 0 Å². The average Bonchev–Trinajstić information content (AvgIpc) is 2.38. The molecule has 0 saturated heterocycles. The van der Waals surface area contributed by atoms with Crippen LogP contribution in [-0.4, -0.2) is 24.3 Å². The van der Waals surface area contributed by atoms with Crippen molar-refractivity contribution in [2.45, 2.75) is 33.3 Å². The minimum Gasteiger partial charge on any atom is -0.493 e. The Morgan fingerprint density at radius 1 is 1.21 bits per heavy atom. The summed E-state index contributed by atoms with van der Waals surface area (Å²) < 4.78 is 11.4. The SMILES string of the molecule is CC(C)C(C)OCCCOc1ccccc1C(N)=S. The first kappa shape index (κ1) is 15.9. The van der Waals surface area contributed by atoms with E-state index in [1.807, 2.05) is 24.3 Å². The van der Waals surface area contributed by atoms with E-state index in [1.54, 1.807) is 0 Å². The van der Waals surface area contributed by atoms with Gasteiger partial charge in [0.1, 0.15) is 10.7 Å². The number of benzene rings is 1. The number of thiocarbonyl (C=S) groups is 1. The fourth-order valence-corrected chi connectivity index (χ4v) is 1.67. The second-order valence-corrected chi connectivity index (χ2v) is 5.32. The van der Waals surface area contributed by atoms with E-state index in [1.165, 1.54) is 0 Å². The van der Waals surface area contributed by atoms with Gasteiger partial charge in [0.2, 0.25) is 0 Å². The van der Waals surface area contributed by atoms with Crippen LogP contribution in [0.4, 0.5) is 0 Å². The number of ether oxygens (including phenoxy) is 2. The molecule has 1 aromatic carbocycles. The molecule has 0 heterocycles. The molecule has 0 bridgehead atoms. The Labute approximate surface area is 121 Å². The highest BCUT2D eigenvalue weighted by atomic mass is 32.1. The molecule has 19 heavy (non-hydrogen) atoms. The van der Waals surface area contributed by atoms with Crippen molar-refractivity contribution >= 4 is 17.2 Å². The third kappa shape index (κ3) is 5.57. The van der Waals surface area contributed by atoms with Crippen LogP contribution < -0.4 is 10.5 Å². The highest BCUT2D eigenvalue weighted by molar-refractivity contribution is 7.80. The van der Waals surface area contributed by atoms with Crippen molar-refractivity contribution in [2.24, 2.45) is 11.7 Å². The van der Waals surface area contributed by atoms with Gasteiger partial charge in [-0.25, -0.2) is 0 Å². The maximum Gasteiger partial charge on any atom is 0.129 e. The molecule has 0 radical (unpaired) electrons. The molecule has 0 saturated carbocycles. The number of hydrogen-bond donors (Lipinski definition) is 1. The Morgan fingerprint density at radius 3 is 2.53 bits per heavy atom. The van der Waals surface area contributed by atoms with Crippen molar-refractivity contribution in [3.8, 4) is 5.75 Å². The second kappa shape index (κ2) is 8.12. The average molecular weight is 281 g/mol. The lowest BCUT2D eigenvalue weighted by Crippen LogP contribution is -2.17. The van der Waals surface area contributed by atoms with Gasteiger partial charge in [0, 0.05) is 6.42 Å². The summed E-state index contributed by atoms with van der Waals surface area (Å²) in [5, 5.41) is 0. The minimum absolute atomic E-state index is 0.281. The Morgan fingerprint density at radius 2 is 1.89 bits per heavy atom. The lowest BCUT2D eigenvalue weighted by molar-refractivity contribution is 0.0291. The number of para-hydroxylation sites is 1.